The summed E-state index contributed by atoms with van der Waals surface area (Å²) < 4.78 is 0. The summed E-state index contributed by atoms with van der Waals surface area (Å²) in [5.41, 5.74) is 0. The van der Waals surface area contributed by atoms with Crippen LogP contribution >= 0.6 is 11.8 Å². The monoisotopic (exact) mass is 130 g/mol. The lowest BCUT2D eigenvalue weighted by molar-refractivity contribution is -0.116. The van der Waals surface area contributed by atoms with Gasteiger partial charge < -0.3 is 0 Å². The maximum absolute atomic E-state index is 10.6. The van der Waals surface area contributed by atoms with Crippen molar-refractivity contribution in [2.75, 3.05) is 5.75 Å². The van der Waals surface area contributed by atoms with Crippen LogP contribution in [0.3, 0.4) is 0 Å². The van der Waals surface area contributed by atoms with Crippen LogP contribution in [0.2, 0.25) is 0 Å². The molecule has 0 aromatic rings. The lowest BCUT2D eigenvalue weighted by atomic mass is 10.2. The van der Waals surface area contributed by atoms with Gasteiger partial charge in [0.15, 0.2) is 0 Å². The standard InChI is InChI=1S/C6H10OS/c1-5(7)6-3-2-4-8-6/h6H,2-4H2,1H3/t6-/m1/s1. The van der Waals surface area contributed by atoms with Gasteiger partial charge in [-0.3, -0.25) is 4.79 Å². The summed E-state index contributed by atoms with van der Waals surface area (Å²) in [6.45, 7) is 1.68. The van der Waals surface area contributed by atoms with E-state index in [4.69, 9.17) is 0 Å². The van der Waals surface area contributed by atoms with E-state index in [0.717, 1.165) is 6.42 Å². The number of carbonyl (C=O) groups excluding carboxylic acids is 1. The molecule has 0 aliphatic carbocycles. The summed E-state index contributed by atoms with van der Waals surface area (Å²) in [6.07, 6.45) is 2.34. The molecule has 0 unspecified atom stereocenters. The van der Waals surface area contributed by atoms with Crippen LogP contribution in [0.4, 0.5) is 0 Å². The first-order valence-corrected chi connectivity index (χ1v) is 3.97. The van der Waals surface area contributed by atoms with Crippen LogP contribution in [-0.4, -0.2) is 16.8 Å². The number of carbonyl (C=O) groups is 1. The molecular formula is C6H10OS. The first-order valence-electron chi connectivity index (χ1n) is 2.93. The average molecular weight is 130 g/mol. The van der Waals surface area contributed by atoms with Crippen molar-refractivity contribution in [3.05, 3.63) is 0 Å². The smallest absolute Gasteiger partial charge is 0.142 e. The lowest BCUT2D eigenvalue weighted by Crippen LogP contribution is -2.07. The number of rotatable bonds is 1. The van der Waals surface area contributed by atoms with E-state index in [2.05, 4.69) is 0 Å². The van der Waals surface area contributed by atoms with Crippen LogP contribution in [0.15, 0.2) is 0 Å². The van der Waals surface area contributed by atoms with E-state index < -0.39 is 0 Å². The quantitative estimate of drug-likeness (QED) is 0.534. The van der Waals surface area contributed by atoms with Crippen LogP contribution < -0.4 is 0 Å². The number of hydrogen-bond donors (Lipinski definition) is 0. The Hall–Kier alpha value is 0.0200. The van der Waals surface area contributed by atoms with E-state index >= 15 is 0 Å². The zero-order valence-electron chi connectivity index (χ0n) is 5.02. The van der Waals surface area contributed by atoms with Gasteiger partial charge in [0.05, 0.1) is 5.25 Å². The fourth-order valence-electron chi connectivity index (χ4n) is 0.898. The summed E-state index contributed by atoms with van der Waals surface area (Å²) >= 11 is 1.80. The molecule has 0 bridgehead atoms. The molecule has 1 fully saturated rings. The normalized spacial score (nSPS) is 28.4. The number of hydrogen-bond acceptors (Lipinski definition) is 2. The Kier molecular flexibility index (Phi) is 1.95. The summed E-state index contributed by atoms with van der Waals surface area (Å²) in [5.74, 6) is 1.54. The Balaban J connectivity index is 2.35. The van der Waals surface area contributed by atoms with Crippen molar-refractivity contribution in [2.24, 2.45) is 0 Å². The predicted octanol–water partition coefficient (Wildman–Crippen LogP) is 1.47. The second-order valence-corrected chi connectivity index (χ2v) is 3.42. The Morgan fingerprint density at radius 3 is 2.75 bits per heavy atom. The van der Waals surface area contributed by atoms with Gasteiger partial charge in [0, 0.05) is 0 Å². The highest BCUT2D eigenvalue weighted by Crippen LogP contribution is 2.26. The van der Waals surface area contributed by atoms with E-state index in [1.807, 2.05) is 0 Å². The van der Waals surface area contributed by atoms with Gasteiger partial charge in [-0.15, -0.1) is 0 Å². The molecule has 2 heteroatoms. The second-order valence-electron chi connectivity index (χ2n) is 2.11. The second kappa shape index (κ2) is 2.53. The number of thioether (sulfide) groups is 1. The zero-order chi connectivity index (χ0) is 5.98. The maximum Gasteiger partial charge on any atom is 0.142 e. The Labute approximate surface area is 53.8 Å². The summed E-state index contributed by atoms with van der Waals surface area (Å²) in [4.78, 5) is 10.6. The molecule has 1 nitrogen and oxygen atoms in total. The van der Waals surface area contributed by atoms with Gasteiger partial charge in [0.2, 0.25) is 0 Å². The molecule has 0 spiro atoms. The Bertz CT molecular complexity index is 94.7. The SMILES string of the molecule is CC(=O)[C@H]1CCCS1. The molecule has 1 atom stereocenters. The van der Waals surface area contributed by atoms with Gasteiger partial charge in [-0.1, -0.05) is 0 Å². The van der Waals surface area contributed by atoms with Crippen molar-refractivity contribution in [3.63, 3.8) is 0 Å². The van der Waals surface area contributed by atoms with E-state index in [0.29, 0.717) is 11.0 Å². The molecule has 0 amide bonds. The topological polar surface area (TPSA) is 17.1 Å². The molecule has 0 aromatic carbocycles. The van der Waals surface area contributed by atoms with E-state index in [-0.39, 0.29) is 0 Å². The minimum absolute atomic E-state index is 0.343. The largest absolute Gasteiger partial charge is 0.299 e. The van der Waals surface area contributed by atoms with E-state index in [1.54, 1.807) is 18.7 Å². The maximum atomic E-state index is 10.6. The van der Waals surface area contributed by atoms with Crippen molar-refractivity contribution in [1.82, 2.24) is 0 Å². The van der Waals surface area contributed by atoms with Gasteiger partial charge in [-0.2, -0.15) is 11.8 Å². The molecule has 0 saturated carbocycles. The average Bonchev–Trinajstić information content (AvgIpc) is 2.12. The molecule has 1 heterocycles. The highest BCUT2D eigenvalue weighted by Gasteiger charge is 2.18. The Morgan fingerprint density at radius 1 is 1.75 bits per heavy atom. The predicted molar refractivity (Wildman–Crippen MR) is 36.2 cm³/mol. The summed E-state index contributed by atoms with van der Waals surface area (Å²) in [6, 6.07) is 0. The van der Waals surface area contributed by atoms with Crippen molar-refractivity contribution >= 4 is 17.5 Å². The molecule has 8 heavy (non-hydrogen) atoms. The molecule has 0 N–H and O–H groups in total. The van der Waals surface area contributed by atoms with Crippen LogP contribution in [-0.2, 0) is 4.79 Å². The van der Waals surface area contributed by atoms with Crippen molar-refractivity contribution in [1.29, 1.82) is 0 Å². The highest BCUT2D eigenvalue weighted by molar-refractivity contribution is 8.00. The van der Waals surface area contributed by atoms with E-state index in [1.165, 1.54) is 12.2 Å². The summed E-state index contributed by atoms with van der Waals surface area (Å²) in [5, 5.41) is 0.343. The third-order valence-electron chi connectivity index (χ3n) is 1.38. The molecule has 1 rings (SSSR count). The van der Waals surface area contributed by atoms with Gasteiger partial charge >= 0.3 is 0 Å². The Morgan fingerprint density at radius 2 is 2.50 bits per heavy atom. The molecule has 1 saturated heterocycles. The highest BCUT2D eigenvalue weighted by atomic mass is 32.2. The molecule has 46 valence electrons. The molecule has 0 radical (unpaired) electrons. The van der Waals surface area contributed by atoms with Gasteiger partial charge in [0.25, 0.3) is 0 Å². The van der Waals surface area contributed by atoms with Crippen molar-refractivity contribution in [3.8, 4) is 0 Å². The minimum Gasteiger partial charge on any atom is -0.299 e. The van der Waals surface area contributed by atoms with Crippen molar-refractivity contribution < 1.29 is 4.79 Å². The first-order chi connectivity index (χ1) is 3.80. The zero-order valence-corrected chi connectivity index (χ0v) is 5.83. The van der Waals surface area contributed by atoms with Crippen LogP contribution in [0, 0.1) is 0 Å². The van der Waals surface area contributed by atoms with Gasteiger partial charge in [-0.05, 0) is 25.5 Å². The number of ketones is 1. The number of Topliss-reactive ketones (excluding diaryl/α,β-unsaturated/α-hetero) is 1. The van der Waals surface area contributed by atoms with Crippen LogP contribution in [0.25, 0.3) is 0 Å². The first kappa shape index (κ1) is 6.14. The van der Waals surface area contributed by atoms with E-state index in [9.17, 15) is 4.79 Å². The lowest BCUT2D eigenvalue weighted by Gasteiger charge is -1.98. The van der Waals surface area contributed by atoms with Gasteiger partial charge in [0.1, 0.15) is 5.78 Å². The van der Waals surface area contributed by atoms with Gasteiger partial charge in [-0.25, -0.2) is 0 Å². The third kappa shape index (κ3) is 1.25. The van der Waals surface area contributed by atoms with Crippen molar-refractivity contribution in [2.45, 2.75) is 25.0 Å². The minimum atomic E-state index is 0.343. The molecule has 1 aliphatic rings. The van der Waals surface area contributed by atoms with Crippen LogP contribution in [0.5, 0.6) is 0 Å². The summed E-state index contributed by atoms with van der Waals surface area (Å²) in [7, 11) is 0. The fourth-order valence-corrected chi connectivity index (χ4v) is 2.08. The molecule has 1 aliphatic heterocycles. The third-order valence-corrected chi connectivity index (χ3v) is 2.88. The fraction of sp³-hybridized carbons (Fsp3) is 0.833. The molecule has 0 aromatic heterocycles. The molecular weight excluding hydrogens is 120 g/mol. The van der Waals surface area contributed by atoms with Crippen LogP contribution in [0.1, 0.15) is 19.8 Å².